The molecule has 6 heteroatoms. The van der Waals surface area contributed by atoms with Gasteiger partial charge in [-0.3, -0.25) is 0 Å². The van der Waals surface area contributed by atoms with Crippen LogP contribution in [0.4, 0.5) is 0 Å². The number of hydrogen-bond donors (Lipinski definition) is 0. The summed E-state index contributed by atoms with van der Waals surface area (Å²) in [5.41, 5.74) is 6.25. The molecule has 0 fully saturated rings. The van der Waals surface area contributed by atoms with Crippen LogP contribution in [0, 0.1) is 0 Å². The van der Waals surface area contributed by atoms with Gasteiger partial charge in [0.05, 0.1) is 0 Å². The highest BCUT2D eigenvalue weighted by atomic mass is 16.5. The van der Waals surface area contributed by atoms with E-state index in [1.165, 1.54) is 19.3 Å². The molecular formula is C50H52O6. The molecule has 0 saturated heterocycles. The maximum atomic E-state index is 7.02. The zero-order chi connectivity index (χ0) is 38.2. The van der Waals surface area contributed by atoms with Crippen LogP contribution in [0.1, 0.15) is 78.5 Å². The van der Waals surface area contributed by atoms with E-state index in [1.807, 2.05) is 91.0 Å². The number of ether oxygens (including phenoxy) is 6. The summed E-state index contributed by atoms with van der Waals surface area (Å²) in [5, 5.41) is 0. The van der Waals surface area contributed by atoms with E-state index >= 15 is 0 Å². The van der Waals surface area contributed by atoms with Crippen LogP contribution in [0.25, 0.3) is 0 Å². The van der Waals surface area contributed by atoms with E-state index in [9.17, 15) is 0 Å². The van der Waals surface area contributed by atoms with Crippen LogP contribution in [0.3, 0.4) is 0 Å². The second-order valence-corrected chi connectivity index (χ2v) is 14.3. The predicted molar refractivity (Wildman–Crippen MR) is 222 cm³/mol. The van der Waals surface area contributed by atoms with E-state index in [-0.39, 0.29) is 6.10 Å². The van der Waals surface area contributed by atoms with Gasteiger partial charge in [0.2, 0.25) is 0 Å². The van der Waals surface area contributed by atoms with Gasteiger partial charge in [0, 0.05) is 30.7 Å². The predicted octanol–water partition coefficient (Wildman–Crippen LogP) is 12.0. The second-order valence-electron chi connectivity index (χ2n) is 14.3. The lowest BCUT2D eigenvalue weighted by molar-refractivity contribution is -0.0395. The Hall–Kier alpha value is -5.72. The van der Waals surface area contributed by atoms with Gasteiger partial charge in [0.25, 0.3) is 0 Å². The second kappa shape index (κ2) is 20.3. The van der Waals surface area contributed by atoms with E-state index in [2.05, 4.69) is 67.6 Å². The van der Waals surface area contributed by atoms with Crippen molar-refractivity contribution in [2.45, 2.75) is 84.1 Å². The average molecular weight is 749 g/mol. The van der Waals surface area contributed by atoms with Crippen LogP contribution < -0.4 is 23.7 Å². The first kappa shape index (κ1) is 38.6. The first-order chi connectivity index (χ1) is 27.7. The third-order valence-corrected chi connectivity index (χ3v) is 9.97. The fraction of sp³-hybridized carbons (Fsp3) is 0.280. The normalized spacial score (nSPS) is 14.7. The lowest BCUT2D eigenvalue weighted by atomic mass is 9.93. The van der Waals surface area contributed by atoms with Crippen molar-refractivity contribution in [2.24, 2.45) is 0 Å². The molecule has 0 spiro atoms. The van der Waals surface area contributed by atoms with Gasteiger partial charge in [-0.2, -0.15) is 0 Å². The lowest BCUT2D eigenvalue weighted by Crippen LogP contribution is -2.33. The largest absolute Gasteiger partial charge is 0.489 e. The fourth-order valence-electron chi connectivity index (χ4n) is 6.88. The molecular weight excluding hydrogens is 697 g/mol. The van der Waals surface area contributed by atoms with Gasteiger partial charge in [0.15, 0.2) is 17.6 Å². The van der Waals surface area contributed by atoms with E-state index in [0.717, 1.165) is 57.7 Å². The Balaban J connectivity index is 1.20. The van der Waals surface area contributed by atoms with Crippen LogP contribution in [0.2, 0.25) is 0 Å². The molecule has 0 radical (unpaired) electrons. The van der Waals surface area contributed by atoms with Crippen molar-refractivity contribution >= 4 is 0 Å². The van der Waals surface area contributed by atoms with Crippen molar-refractivity contribution in [1.29, 1.82) is 0 Å². The molecule has 0 bridgehead atoms. The quantitative estimate of drug-likeness (QED) is 0.0725. The first-order valence-electron chi connectivity index (χ1n) is 20.0. The molecule has 0 aliphatic carbocycles. The standard InChI is InChI=1S/C50H52O6/c1-2-3-4-5-18-29-51-49-33-44-46(54-36-40-23-14-8-15-24-40)31-43(52-34-38-19-10-6-11-20-38)32-47(44)56-50(49)42-27-28-45(53-35-39-21-12-7-13-22-39)48(30-42)55-37-41-25-16-9-17-26-41/h6-17,19-28,30-32,49-50H,2-5,18,29,33-37H2,1H3/t49-,50+/m0/s1. The van der Waals surface area contributed by atoms with Crippen molar-refractivity contribution < 1.29 is 28.4 Å². The summed E-state index contributed by atoms with van der Waals surface area (Å²) in [6, 6.07) is 50.9. The molecule has 6 aromatic carbocycles. The molecule has 1 aliphatic rings. The van der Waals surface area contributed by atoms with Crippen LogP contribution in [-0.4, -0.2) is 12.7 Å². The van der Waals surface area contributed by atoms with Crippen molar-refractivity contribution in [1.82, 2.24) is 0 Å². The number of fused-ring (bicyclic) bond motifs is 1. The monoisotopic (exact) mass is 748 g/mol. The van der Waals surface area contributed by atoms with Crippen molar-refractivity contribution in [2.75, 3.05) is 6.61 Å². The minimum atomic E-state index is -0.410. The summed E-state index contributed by atoms with van der Waals surface area (Å²) in [6.45, 7) is 4.57. The Morgan fingerprint density at radius 1 is 0.500 bits per heavy atom. The molecule has 288 valence electrons. The topological polar surface area (TPSA) is 55.4 Å². The maximum Gasteiger partial charge on any atom is 0.162 e. The highest BCUT2D eigenvalue weighted by molar-refractivity contribution is 5.53. The number of hydrogen-bond acceptors (Lipinski definition) is 6. The maximum absolute atomic E-state index is 7.02. The molecule has 0 N–H and O–H groups in total. The van der Waals surface area contributed by atoms with E-state index in [1.54, 1.807) is 0 Å². The summed E-state index contributed by atoms with van der Waals surface area (Å²) in [6.07, 6.45) is 5.74. The zero-order valence-corrected chi connectivity index (χ0v) is 32.3. The minimum absolute atomic E-state index is 0.262. The van der Waals surface area contributed by atoms with Gasteiger partial charge in [-0.25, -0.2) is 0 Å². The Bertz CT molecular complexity index is 2050. The fourth-order valence-corrected chi connectivity index (χ4v) is 6.88. The molecule has 0 aromatic heterocycles. The number of unbranched alkanes of at least 4 members (excludes halogenated alkanes) is 4. The summed E-state index contributed by atoms with van der Waals surface area (Å²) in [5.74, 6) is 3.47. The molecule has 2 atom stereocenters. The molecule has 0 saturated carbocycles. The van der Waals surface area contributed by atoms with E-state index in [0.29, 0.717) is 56.7 Å². The Morgan fingerprint density at radius 2 is 1.02 bits per heavy atom. The molecule has 0 unspecified atom stereocenters. The van der Waals surface area contributed by atoms with E-state index < -0.39 is 6.10 Å². The van der Waals surface area contributed by atoms with Gasteiger partial charge in [0.1, 0.15) is 49.8 Å². The molecule has 6 nitrogen and oxygen atoms in total. The third kappa shape index (κ3) is 10.9. The SMILES string of the molecule is CCCCCCCO[C@H]1Cc2c(OCc3ccccc3)cc(OCc3ccccc3)cc2O[C@@H]1c1ccc(OCc2ccccc2)c(OCc2ccccc2)c1. The number of benzene rings is 6. The molecule has 56 heavy (non-hydrogen) atoms. The lowest BCUT2D eigenvalue weighted by Gasteiger charge is -2.35. The Morgan fingerprint density at radius 3 is 1.59 bits per heavy atom. The van der Waals surface area contributed by atoms with Gasteiger partial charge in [-0.1, -0.05) is 160 Å². The van der Waals surface area contributed by atoms with Crippen LogP contribution in [0.5, 0.6) is 28.7 Å². The Kier molecular flexibility index (Phi) is 14.0. The van der Waals surface area contributed by atoms with Crippen molar-refractivity contribution in [3.63, 3.8) is 0 Å². The van der Waals surface area contributed by atoms with Crippen LogP contribution >= 0.6 is 0 Å². The molecule has 6 aromatic rings. The third-order valence-electron chi connectivity index (χ3n) is 9.97. The van der Waals surface area contributed by atoms with Gasteiger partial charge >= 0.3 is 0 Å². The van der Waals surface area contributed by atoms with Crippen LogP contribution in [0.15, 0.2) is 152 Å². The van der Waals surface area contributed by atoms with Crippen LogP contribution in [-0.2, 0) is 37.6 Å². The zero-order valence-electron chi connectivity index (χ0n) is 32.3. The van der Waals surface area contributed by atoms with Crippen molar-refractivity contribution in [3.05, 3.63) is 185 Å². The summed E-state index contributed by atoms with van der Waals surface area (Å²) in [7, 11) is 0. The van der Waals surface area contributed by atoms with Gasteiger partial charge in [-0.15, -0.1) is 0 Å². The number of rotatable bonds is 20. The molecule has 1 aliphatic heterocycles. The summed E-state index contributed by atoms with van der Waals surface area (Å²) in [4.78, 5) is 0. The molecule has 7 rings (SSSR count). The first-order valence-corrected chi connectivity index (χ1v) is 20.0. The minimum Gasteiger partial charge on any atom is -0.489 e. The highest BCUT2D eigenvalue weighted by Gasteiger charge is 2.35. The van der Waals surface area contributed by atoms with E-state index in [4.69, 9.17) is 28.4 Å². The van der Waals surface area contributed by atoms with Gasteiger partial charge in [-0.05, 0) is 46.4 Å². The summed E-state index contributed by atoms with van der Waals surface area (Å²) >= 11 is 0. The van der Waals surface area contributed by atoms with Crippen molar-refractivity contribution in [3.8, 4) is 28.7 Å². The smallest absolute Gasteiger partial charge is 0.162 e. The average Bonchev–Trinajstić information content (AvgIpc) is 3.26. The summed E-state index contributed by atoms with van der Waals surface area (Å²) < 4.78 is 39.6. The highest BCUT2D eigenvalue weighted by Crippen LogP contribution is 2.45. The van der Waals surface area contributed by atoms with Gasteiger partial charge < -0.3 is 28.4 Å². The molecule has 1 heterocycles. The molecule has 0 amide bonds. The Labute approximate surface area is 332 Å².